The molecular formula is C18H15FN2O3S. The fourth-order valence-corrected chi connectivity index (χ4v) is 2.62. The molecule has 0 spiro atoms. The Morgan fingerprint density at radius 1 is 1.28 bits per heavy atom. The van der Waals surface area contributed by atoms with E-state index < -0.39 is 23.8 Å². The maximum absolute atomic E-state index is 13.5. The molecule has 0 saturated carbocycles. The summed E-state index contributed by atoms with van der Waals surface area (Å²) in [6.45, 7) is 1.44. The van der Waals surface area contributed by atoms with Crippen LogP contribution in [-0.2, 0) is 14.3 Å². The summed E-state index contributed by atoms with van der Waals surface area (Å²) < 4.78 is 18.5. The van der Waals surface area contributed by atoms with Crippen molar-refractivity contribution < 1.29 is 18.7 Å². The molecule has 0 heterocycles. The highest BCUT2D eigenvalue weighted by molar-refractivity contribution is 8.00. The summed E-state index contributed by atoms with van der Waals surface area (Å²) in [6, 6.07) is 14.4. The summed E-state index contributed by atoms with van der Waals surface area (Å²) in [4.78, 5) is 24.2. The Balaban J connectivity index is 1.84. The van der Waals surface area contributed by atoms with Crippen LogP contribution in [0.5, 0.6) is 0 Å². The van der Waals surface area contributed by atoms with Crippen molar-refractivity contribution >= 4 is 29.3 Å². The van der Waals surface area contributed by atoms with Gasteiger partial charge in [0, 0.05) is 10.6 Å². The average molecular weight is 358 g/mol. The third-order valence-corrected chi connectivity index (χ3v) is 4.14. The lowest BCUT2D eigenvalue weighted by Gasteiger charge is -2.13. The summed E-state index contributed by atoms with van der Waals surface area (Å²) in [6.07, 6.45) is -1.01. The molecule has 128 valence electrons. The van der Waals surface area contributed by atoms with Crippen LogP contribution in [0, 0.1) is 17.1 Å². The third-order valence-electron chi connectivity index (χ3n) is 3.12. The number of benzene rings is 2. The van der Waals surface area contributed by atoms with Crippen molar-refractivity contribution in [2.45, 2.75) is 17.9 Å². The molecule has 0 aliphatic rings. The van der Waals surface area contributed by atoms with Crippen LogP contribution in [0.4, 0.5) is 10.1 Å². The minimum atomic E-state index is -1.01. The molecule has 0 bridgehead atoms. The van der Waals surface area contributed by atoms with Crippen LogP contribution in [0.15, 0.2) is 53.4 Å². The zero-order chi connectivity index (χ0) is 18.2. The molecule has 1 N–H and O–H groups in total. The van der Waals surface area contributed by atoms with Crippen molar-refractivity contribution in [2.75, 3.05) is 11.1 Å². The quantitative estimate of drug-likeness (QED) is 0.633. The van der Waals surface area contributed by atoms with Crippen molar-refractivity contribution in [3.05, 3.63) is 59.9 Å². The van der Waals surface area contributed by atoms with Gasteiger partial charge in [0.1, 0.15) is 5.82 Å². The number of rotatable bonds is 6. The van der Waals surface area contributed by atoms with E-state index in [1.165, 1.54) is 19.1 Å². The van der Waals surface area contributed by atoms with E-state index in [0.717, 1.165) is 11.8 Å². The van der Waals surface area contributed by atoms with Crippen molar-refractivity contribution in [1.82, 2.24) is 0 Å². The Bertz CT molecular complexity index is 820. The van der Waals surface area contributed by atoms with Crippen LogP contribution in [0.3, 0.4) is 0 Å². The lowest BCUT2D eigenvalue weighted by Crippen LogP contribution is -2.30. The van der Waals surface area contributed by atoms with Gasteiger partial charge >= 0.3 is 5.97 Å². The Hall–Kier alpha value is -2.85. The van der Waals surface area contributed by atoms with Gasteiger partial charge in [0.15, 0.2) is 6.10 Å². The SMILES string of the molecule is C[C@H](OC(=O)CSc1ccccc1F)C(=O)Nc1cccc(C#N)c1. The smallest absolute Gasteiger partial charge is 0.317 e. The number of nitriles is 1. The molecule has 1 atom stereocenters. The van der Waals surface area contributed by atoms with Gasteiger partial charge in [-0.1, -0.05) is 18.2 Å². The molecule has 0 fully saturated rings. The second-order valence-corrected chi connectivity index (χ2v) is 6.05. The molecular weight excluding hydrogens is 343 g/mol. The molecule has 2 aromatic rings. The summed E-state index contributed by atoms with van der Waals surface area (Å²) in [5.41, 5.74) is 0.844. The van der Waals surface area contributed by atoms with Crippen LogP contribution in [0.1, 0.15) is 12.5 Å². The summed E-state index contributed by atoms with van der Waals surface area (Å²) in [7, 11) is 0. The Kier molecular flexibility index (Phi) is 6.54. The number of amides is 1. The van der Waals surface area contributed by atoms with Gasteiger partial charge in [0.2, 0.25) is 0 Å². The zero-order valence-electron chi connectivity index (χ0n) is 13.4. The van der Waals surface area contributed by atoms with Crippen molar-refractivity contribution in [3.63, 3.8) is 0 Å². The van der Waals surface area contributed by atoms with Crippen LogP contribution < -0.4 is 5.32 Å². The summed E-state index contributed by atoms with van der Waals surface area (Å²) in [5, 5.41) is 11.4. The first-order chi connectivity index (χ1) is 12.0. The van der Waals surface area contributed by atoms with E-state index in [-0.39, 0.29) is 5.75 Å². The number of thioether (sulfide) groups is 1. The molecule has 2 aromatic carbocycles. The predicted octanol–water partition coefficient (Wildman–Crippen LogP) is 3.36. The molecule has 1 amide bonds. The lowest BCUT2D eigenvalue weighted by atomic mass is 10.2. The normalized spacial score (nSPS) is 11.2. The van der Waals surface area contributed by atoms with E-state index in [2.05, 4.69) is 5.32 Å². The number of ether oxygens (including phenoxy) is 1. The van der Waals surface area contributed by atoms with Gasteiger partial charge in [-0.05, 0) is 37.3 Å². The first-order valence-corrected chi connectivity index (χ1v) is 8.36. The molecule has 0 saturated heterocycles. The molecule has 0 unspecified atom stereocenters. The molecule has 7 heteroatoms. The van der Waals surface area contributed by atoms with Gasteiger partial charge in [-0.2, -0.15) is 5.26 Å². The minimum Gasteiger partial charge on any atom is -0.452 e. The summed E-state index contributed by atoms with van der Waals surface area (Å²) >= 11 is 1.00. The van der Waals surface area contributed by atoms with Gasteiger partial charge in [0.05, 0.1) is 17.4 Å². The zero-order valence-corrected chi connectivity index (χ0v) is 14.2. The highest BCUT2D eigenvalue weighted by Gasteiger charge is 2.18. The molecule has 0 aliphatic carbocycles. The monoisotopic (exact) mass is 358 g/mol. The predicted molar refractivity (Wildman–Crippen MR) is 92.5 cm³/mol. The third kappa shape index (κ3) is 5.62. The van der Waals surface area contributed by atoms with E-state index in [1.54, 1.807) is 36.4 Å². The van der Waals surface area contributed by atoms with Gasteiger partial charge in [-0.15, -0.1) is 11.8 Å². The maximum Gasteiger partial charge on any atom is 0.317 e. The number of carbonyl (C=O) groups is 2. The van der Waals surface area contributed by atoms with E-state index in [0.29, 0.717) is 16.1 Å². The Morgan fingerprint density at radius 2 is 2.04 bits per heavy atom. The van der Waals surface area contributed by atoms with Crippen molar-refractivity contribution in [2.24, 2.45) is 0 Å². The number of halogens is 1. The standard InChI is InChI=1S/C18H15FN2O3S/c1-12(18(23)21-14-6-4-5-13(9-14)10-20)24-17(22)11-25-16-8-3-2-7-15(16)19/h2-9,12H,11H2,1H3,(H,21,23)/t12-/m0/s1. The van der Waals surface area contributed by atoms with Crippen LogP contribution in [0.2, 0.25) is 0 Å². The number of nitrogens with one attached hydrogen (secondary N) is 1. The molecule has 0 aromatic heterocycles. The van der Waals surface area contributed by atoms with Crippen LogP contribution in [0.25, 0.3) is 0 Å². The largest absolute Gasteiger partial charge is 0.452 e. The molecule has 0 radical (unpaired) electrons. The molecule has 5 nitrogen and oxygen atoms in total. The fourth-order valence-electron chi connectivity index (χ4n) is 1.89. The van der Waals surface area contributed by atoms with Gasteiger partial charge in [-0.3, -0.25) is 9.59 Å². The number of esters is 1. The first kappa shape index (κ1) is 18.5. The van der Waals surface area contributed by atoms with Crippen LogP contribution in [-0.4, -0.2) is 23.7 Å². The van der Waals surface area contributed by atoms with Gasteiger partial charge in [0.25, 0.3) is 5.91 Å². The topological polar surface area (TPSA) is 79.2 Å². The fraction of sp³-hybridized carbons (Fsp3) is 0.167. The van der Waals surface area contributed by atoms with Crippen molar-refractivity contribution in [3.8, 4) is 6.07 Å². The molecule has 0 aliphatic heterocycles. The Labute approximate surface area is 148 Å². The molecule has 2 rings (SSSR count). The minimum absolute atomic E-state index is 0.109. The number of carbonyl (C=O) groups excluding carboxylic acids is 2. The highest BCUT2D eigenvalue weighted by atomic mass is 32.2. The number of hydrogen-bond acceptors (Lipinski definition) is 5. The van der Waals surface area contributed by atoms with E-state index in [9.17, 15) is 14.0 Å². The number of nitrogens with zero attached hydrogens (tertiary/aromatic N) is 1. The van der Waals surface area contributed by atoms with E-state index >= 15 is 0 Å². The highest BCUT2D eigenvalue weighted by Crippen LogP contribution is 2.21. The Morgan fingerprint density at radius 3 is 2.76 bits per heavy atom. The van der Waals surface area contributed by atoms with Crippen molar-refractivity contribution in [1.29, 1.82) is 5.26 Å². The second kappa shape index (κ2) is 8.85. The summed E-state index contributed by atoms with van der Waals surface area (Å²) in [5.74, 6) is -1.66. The van der Waals surface area contributed by atoms with Gasteiger partial charge in [-0.25, -0.2) is 4.39 Å². The van der Waals surface area contributed by atoms with E-state index in [4.69, 9.17) is 10.00 Å². The number of hydrogen-bond donors (Lipinski definition) is 1. The maximum atomic E-state index is 13.5. The van der Waals surface area contributed by atoms with Crippen LogP contribution >= 0.6 is 11.8 Å². The average Bonchev–Trinajstić information content (AvgIpc) is 2.61. The molecule has 25 heavy (non-hydrogen) atoms. The van der Waals surface area contributed by atoms with Gasteiger partial charge < -0.3 is 10.1 Å². The van der Waals surface area contributed by atoms with E-state index in [1.807, 2.05) is 6.07 Å². The number of anilines is 1. The first-order valence-electron chi connectivity index (χ1n) is 7.37. The second-order valence-electron chi connectivity index (χ2n) is 5.03. The lowest BCUT2D eigenvalue weighted by molar-refractivity contribution is -0.150.